The van der Waals surface area contributed by atoms with Crippen molar-refractivity contribution in [1.82, 2.24) is 8.47 Å². The number of fused-ring (bicyclic) bond motifs is 15. The van der Waals surface area contributed by atoms with Gasteiger partial charge in [-0.3, -0.25) is 0 Å². The average Bonchev–Trinajstić information content (AvgIpc) is 3.87. The molecule has 4 aliphatic heterocycles. The lowest BCUT2D eigenvalue weighted by Crippen LogP contribution is -2.61. The minimum absolute atomic E-state index is 0.0133. The molecular weight excluding hydrogens is 761 g/mol. The highest BCUT2D eigenvalue weighted by molar-refractivity contribution is 6.78. The third-order valence-electron chi connectivity index (χ3n) is 12.6. The molecule has 3 N–H and O–H groups in total. The lowest BCUT2D eigenvalue weighted by Gasteiger charge is -2.36. The Labute approximate surface area is 351 Å². The molecule has 0 fully saturated rings. The van der Waals surface area contributed by atoms with Gasteiger partial charge in [0.2, 0.25) is 0 Å². The van der Waals surface area contributed by atoms with Gasteiger partial charge in [0.1, 0.15) is 16.7 Å². The van der Waals surface area contributed by atoms with E-state index in [0.717, 1.165) is 49.7 Å². The Bertz CT molecular complexity index is 3220. The van der Waals surface area contributed by atoms with Gasteiger partial charge in [0, 0.05) is 38.4 Å². The summed E-state index contributed by atoms with van der Waals surface area (Å²) in [7, 11) is -4.90. The van der Waals surface area contributed by atoms with E-state index < -0.39 is 8.64 Å². The predicted octanol–water partition coefficient (Wildman–Crippen LogP) is 10.1. The first kappa shape index (κ1) is 38.3. The summed E-state index contributed by atoms with van der Waals surface area (Å²) in [6.45, 7) is 25.9. The maximum atomic E-state index is 14.3. The molecule has 0 amide bonds. The van der Waals surface area contributed by atoms with Crippen LogP contribution in [0.3, 0.4) is 0 Å². The van der Waals surface area contributed by atoms with E-state index in [1.54, 1.807) is 8.47 Å². The maximum absolute atomic E-state index is 14.3. The number of rotatable bonds is 0. The largest absolute Gasteiger partial charge is 0.510 e. The zero-order chi connectivity index (χ0) is 42.8. The van der Waals surface area contributed by atoms with E-state index in [1.807, 2.05) is 24.3 Å². The molecule has 4 aliphatic rings. The number of nitrogens with one attached hydrogen (secondary N) is 1. The van der Waals surface area contributed by atoms with Crippen molar-refractivity contribution in [2.45, 2.75) is 105 Å². The van der Waals surface area contributed by atoms with Crippen molar-refractivity contribution in [2.75, 3.05) is 0 Å². The monoisotopic (exact) mass is 811 g/mol. The van der Waals surface area contributed by atoms with Crippen LogP contribution in [0.4, 0.5) is 11.6 Å². The Morgan fingerprint density at radius 2 is 0.917 bits per heavy atom. The van der Waals surface area contributed by atoms with Crippen LogP contribution in [0.25, 0.3) is 33.0 Å². The third kappa shape index (κ3) is 5.30. The quantitative estimate of drug-likeness (QED) is 0.148. The van der Waals surface area contributed by atoms with Crippen LogP contribution in [-0.4, -0.2) is 44.5 Å². The second-order valence-electron chi connectivity index (χ2n) is 20.9. The van der Waals surface area contributed by atoms with Crippen LogP contribution < -0.4 is 11.0 Å². The van der Waals surface area contributed by atoms with Gasteiger partial charge in [-0.2, -0.15) is 0 Å². The highest BCUT2D eigenvalue weighted by atomic mass is 28.4. The summed E-state index contributed by atoms with van der Waals surface area (Å²) in [4.78, 5) is 40.6. The highest BCUT2D eigenvalue weighted by Gasteiger charge is 2.48. The van der Waals surface area contributed by atoms with Crippen LogP contribution in [0.2, 0.25) is 0 Å². The number of hydrogen-bond donors (Lipinski definition) is 2. The molecule has 10 rings (SSSR count). The highest BCUT2D eigenvalue weighted by Crippen LogP contribution is 2.46. The van der Waals surface area contributed by atoms with Gasteiger partial charge in [-0.05, 0) is 67.5 Å². The fourth-order valence-corrected chi connectivity index (χ4v) is 11.8. The molecule has 4 aromatic carbocycles. The first-order valence-electron chi connectivity index (χ1n) is 20.7. The topological polar surface area (TPSA) is 136 Å². The molecule has 6 heterocycles. The first-order valence-corrected chi connectivity index (χ1v) is 22.6. The molecule has 10 nitrogen and oxygen atoms in total. The standard InChI is InChI=1S/C49H51N8O2Si/c1-46(2,3)25-15-19-31-33(21-25)38(50)56-42(31)55-41-35-23-27(48(7,8)9)14-18-30(35)39(52-41)53-44-36-24-28(49(10,11)12)16-20-32(36)43-54-40-34-22-26(47(4,5)6)13-17-29(34)37(51-40)45(58)60(56,59)57(43)44/h13-24,59H,1-12H3,(H2-,50,51,52,53,54,55,58)/q-1. The summed E-state index contributed by atoms with van der Waals surface area (Å²) >= 11 is 0. The number of aromatic nitrogens is 2. The number of hydrogen-bond acceptors (Lipinski definition) is 7. The molecule has 0 saturated carbocycles. The zero-order valence-corrected chi connectivity index (χ0v) is 37.5. The van der Waals surface area contributed by atoms with Crippen LogP contribution in [0.1, 0.15) is 128 Å². The van der Waals surface area contributed by atoms with Gasteiger partial charge in [0.05, 0.1) is 5.82 Å². The van der Waals surface area contributed by atoms with Crippen molar-refractivity contribution < 1.29 is 9.90 Å². The van der Waals surface area contributed by atoms with E-state index in [9.17, 15) is 15.6 Å². The van der Waals surface area contributed by atoms with E-state index in [2.05, 4.69) is 132 Å². The summed E-state index contributed by atoms with van der Waals surface area (Å²) in [6, 6.07) is 24.8. The molecule has 2 aromatic heterocycles. The Hall–Kier alpha value is -5.91. The second kappa shape index (κ2) is 11.9. The summed E-state index contributed by atoms with van der Waals surface area (Å²) in [6.07, 6.45) is 0. The molecule has 1 unspecified atom stereocenters. The predicted molar refractivity (Wildman–Crippen MR) is 245 cm³/mol. The Balaban J connectivity index is 1.45. The Kier molecular flexibility index (Phi) is 7.59. The number of nitrogens with zero attached hydrogens (tertiary/aromatic N) is 7. The average molecular weight is 812 g/mol. The SMILES string of the molecule is CC(C)(C)c1ccc2c(c1)C1=N/C2=C(/O)[Si]2(O)n3c([NH-])c4cc(C(C)(C)C)ccc4c3/N=C3\N=C(N=c4c5cc(C(C)(C)C)ccc5c(n42)=N1)c1ccc(C(C)(C)C)cc13. The third-order valence-corrected chi connectivity index (χ3v) is 15.6. The fraction of sp³-hybridized carbons (Fsp3) is 0.327. The van der Waals surface area contributed by atoms with Crippen LogP contribution in [-0.2, 0) is 21.7 Å². The van der Waals surface area contributed by atoms with Crippen molar-refractivity contribution in [3.63, 3.8) is 0 Å². The Morgan fingerprint density at radius 3 is 1.50 bits per heavy atom. The van der Waals surface area contributed by atoms with Crippen molar-refractivity contribution in [3.05, 3.63) is 139 Å². The second-order valence-corrected chi connectivity index (χ2v) is 23.5. The Morgan fingerprint density at radius 1 is 0.467 bits per heavy atom. The smallest absolute Gasteiger partial charge is 0.393 e. The summed E-state index contributed by atoms with van der Waals surface area (Å²) < 4.78 is 3.29. The number of aliphatic imine (C=N–C) groups is 3. The van der Waals surface area contributed by atoms with Gasteiger partial charge in [-0.1, -0.05) is 144 Å². The van der Waals surface area contributed by atoms with E-state index >= 15 is 0 Å². The van der Waals surface area contributed by atoms with Gasteiger partial charge in [0.15, 0.2) is 22.9 Å². The minimum Gasteiger partial charge on any atom is -0.510 e. The van der Waals surface area contributed by atoms with Gasteiger partial charge in [0.25, 0.3) is 0 Å². The van der Waals surface area contributed by atoms with Crippen molar-refractivity contribution in [1.29, 1.82) is 0 Å². The molecule has 0 saturated heterocycles. The van der Waals surface area contributed by atoms with E-state index in [1.165, 1.54) is 0 Å². The number of aliphatic hydroxyl groups is 1. The van der Waals surface area contributed by atoms with E-state index in [0.29, 0.717) is 50.6 Å². The molecule has 0 radical (unpaired) electrons. The van der Waals surface area contributed by atoms with Crippen molar-refractivity contribution in [2.24, 2.45) is 25.0 Å². The molecule has 304 valence electrons. The van der Waals surface area contributed by atoms with Crippen molar-refractivity contribution >= 4 is 65.0 Å². The lowest BCUT2D eigenvalue weighted by atomic mass is 9.85. The van der Waals surface area contributed by atoms with Crippen molar-refractivity contribution in [3.8, 4) is 0 Å². The first-order chi connectivity index (χ1) is 28.0. The summed E-state index contributed by atoms with van der Waals surface area (Å²) in [5.41, 5.74) is 17.7. The molecule has 0 spiro atoms. The van der Waals surface area contributed by atoms with Crippen LogP contribution in [0.5, 0.6) is 0 Å². The molecule has 11 heteroatoms. The molecule has 0 aliphatic carbocycles. The molecule has 6 aromatic rings. The summed E-state index contributed by atoms with van der Waals surface area (Å²) in [5, 5.41) is 15.6. The molecule has 1 atom stereocenters. The van der Waals surface area contributed by atoms with Gasteiger partial charge in [-0.15, -0.1) is 0 Å². The molecular formula is C49H51N8O2Si-. The molecule has 4 bridgehead atoms. The molecule has 60 heavy (non-hydrogen) atoms. The van der Waals surface area contributed by atoms with Gasteiger partial charge in [-0.25, -0.2) is 25.0 Å². The van der Waals surface area contributed by atoms with Crippen LogP contribution in [0.15, 0.2) is 103 Å². The number of benzene rings is 4. The minimum atomic E-state index is -4.90. The fourth-order valence-electron chi connectivity index (χ4n) is 8.86. The number of amidine groups is 3. The normalized spacial score (nSPS) is 20.5. The number of aliphatic hydroxyl groups excluding tert-OH is 1. The lowest BCUT2D eigenvalue weighted by molar-refractivity contribution is 0.390. The van der Waals surface area contributed by atoms with Gasteiger partial charge < -0.3 is 24.1 Å². The summed E-state index contributed by atoms with van der Waals surface area (Å²) in [5.74, 6) is 1.64. The maximum Gasteiger partial charge on any atom is 0.393 e. The van der Waals surface area contributed by atoms with Crippen LogP contribution in [0, 0.1) is 0 Å². The van der Waals surface area contributed by atoms with Crippen LogP contribution >= 0.6 is 0 Å². The zero-order valence-electron chi connectivity index (χ0n) is 36.5. The van der Waals surface area contributed by atoms with Gasteiger partial charge >= 0.3 is 8.64 Å². The van der Waals surface area contributed by atoms with E-state index in [4.69, 9.17) is 25.0 Å². The van der Waals surface area contributed by atoms with E-state index in [-0.39, 0.29) is 38.6 Å².